The summed E-state index contributed by atoms with van der Waals surface area (Å²) < 4.78 is 0. The second kappa shape index (κ2) is 6.78. The minimum atomic E-state index is 0.208. The number of phenolic OH excluding ortho intramolecular Hbond substituents is 1. The van der Waals surface area contributed by atoms with Crippen molar-refractivity contribution in [3.8, 4) is 5.75 Å². The molecule has 0 radical (unpaired) electrons. The van der Waals surface area contributed by atoms with Crippen molar-refractivity contribution in [2.24, 2.45) is 0 Å². The Kier molecular flexibility index (Phi) is 5.05. The highest BCUT2D eigenvalue weighted by atomic mass is 35.5. The van der Waals surface area contributed by atoms with E-state index in [0.29, 0.717) is 5.75 Å². The van der Waals surface area contributed by atoms with Crippen molar-refractivity contribution in [3.05, 3.63) is 64.7 Å². The largest absolute Gasteiger partial charge is 0.508 e. The van der Waals surface area contributed by atoms with E-state index in [2.05, 4.69) is 25.2 Å². The Bertz CT molecular complexity index is 553. The van der Waals surface area contributed by atoms with E-state index in [0.717, 1.165) is 17.0 Å². The highest BCUT2D eigenvalue weighted by Gasteiger charge is 2.14. The second-order valence-corrected chi connectivity index (χ2v) is 5.43. The molecule has 2 nitrogen and oxygen atoms in total. The molecule has 2 unspecified atom stereocenters. The fraction of sp³-hybridized carbons (Fsp3) is 0.294. The first kappa shape index (κ1) is 14.9. The molecule has 0 aromatic heterocycles. The molecular formula is C17H20ClNO. The molecule has 0 aliphatic heterocycles. The molecule has 2 atom stereocenters. The number of hydrogen-bond acceptors (Lipinski definition) is 2. The molecular weight excluding hydrogens is 270 g/mol. The van der Waals surface area contributed by atoms with Crippen LogP contribution in [0.15, 0.2) is 48.5 Å². The summed E-state index contributed by atoms with van der Waals surface area (Å²) in [4.78, 5) is 0. The van der Waals surface area contributed by atoms with Crippen LogP contribution in [0.1, 0.15) is 43.5 Å². The molecule has 0 aliphatic rings. The topological polar surface area (TPSA) is 32.3 Å². The van der Waals surface area contributed by atoms with E-state index in [1.807, 2.05) is 30.3 Å². The third-order valence-corrected chi connectivity index (χ3v) is 3.74. The summed E-state index contributed by atoms with van der Waals surface area (Å²) in [6.07, 6.45) is 0.989. The Morgan fingerprint density at radius 1 is 1.10 bits per heavy atom. The van der Waals surface area contributed by atoms with Gasteiger partial charge < -0.3 is 10.4 Å². The lowest BCUT2D eigenvalue weighted by Gasteiger charge is -2.23. The van der Waals surface area contributed by atoms with Gasteiger partial charge in [-0.2, -0.15) is 0 Å². The molecule has 2 rings (SSSR count). The van der Waals surface area contributed by atoms with Crippen LogP contribution in [-0.2, 0) is 0 Å². The Balaban J connectivity index is 2.11. The summed E-state index contributed by atoms with van der Waals surface area (Å²) in [6, 6.07) is 15.8. The second-order valence-electron chi connectivity index (χ2n) is 5.00. The van der Waals surface area contributed by atoms with E-state index in [1.165, 1.54) is 5.56 Å². The lowest BCUT2D eigenvalue weighted by Crippen LogP contribution is -2.24. The standard InChI is InChI=1S/C17H20ClNO/c1-3-17(14-5-4-6-15(18)11-14)19-12(2)13-7-9-16(20)10-8-13/h4-12,17,19-20H,3H2,1-2H3. The quantitative estimate of drug-likeness (QED) is 0.825. The van der Waals surface area contributed by atoms with Gasteiger partial charge in [-0.25, -0.2) is 0 Å². The lowest BCUT2D eigenvalue weighted by molar-refractivity contribution is 0.454. The highest BCUT2D eigenvalue weighted by molar-refractivity contribution is 6.30. The monoisotopic (exact) mass is 289 g/mol. The fourth-order valence-electron chi connectivity index (χ4n) is 2.33. The predicted octanol–water partition coefficient (Wildman–Crippen LogP) is 4.85. The van der Waals surface area contributed by atoms with E-state index in [1.54, 1.807) is 12.1 Å². The summed E-state index contributed by atoms with van der Waals surface area (Å²) in [5.41, 5.74) is 2.36. The maximum absolute atomic E-state index is 9.34. The molecule has 0 fully saturated rings. The highest BCUT2D eigenvalue weighted by Crippen LogP contribution is 2.25. The van der Waals surface area contributed by atoms with E-state index in [-0.39, 0.29) is 12.1 Å². The van der Waals surface area contributed by atoms with Gasteiger partial charge >= 0.3 is 0 Å². The van der Waals surface area contributed by atoms with Crippen LogP contribution in [0, 0.1) is 0 Å². The van der Waals surface area contributed by atoms with Crippen LogP contribution < -0.4 is 5.32 Å². The van der Waals surface area contributed by atoms with Gasteiger partial charge in [0.15, 0.2) is 0 Å². The van der Waals surface area contributed by atoms with Crippen molar-refractivity contribution >= 4 is 11.6 Å². The van der Waals surface area contributed by atoms with Gasteiger partial charge in [0.05, 0.1) is 0 Å². The number of nitrogens with one attached hydrogen (secondary N) is 1. The summed E-state index contributed by atoms with van der Waals surface area (Å²) in [6.45, 7) is 4.28. The summed E-state index contributed by atoms with van der Waals surface area (Å²) in [5, 5.41) is 13.7. The molecule has 0 saturated heterocycles. The van der Waals surface area contributed by atoms with E-state index in [9.17, 15) is 5.11 Å². The Hall–Kier alpha value is -1.51. The molecule has 2 aromatic rings. The van der Waals surface area contributed by atoms with Gasteiger partial charge in [0.1, 0.15) is 5.75 Å². The normalized spacial score (nSPS) is 13.9. The summed E-state index contributed by atoms with van der Waals surface area (Å²) >= 11 is 6.06. The fourth-order valence-corrected chi connectivity index (χ4v) is 2.53. The first-order valence-corrected chi connectivity index (χ1v) is 7.28. The SMILES string of the molecule is CCC(NC(C)c1ccc(O)cc1)c1cccc(Cl)c1. The van der Waals surface area contributed by atoms with Gasteiger partial charge in [-0.15, -0.1) is 0 Å². The van der Waals surface area contributed by atoms with Crippen molar-refractivity contribution in [2.75, 3.05) is 0 Å². The average molecular weight is 290 g/mol. The average Bonchev–Trinajstić information content (AvgIpc) is 2.45. The first-order chi connectivity index (χ1) is 9.60. The minimum Gasteiger partial charge on any atom is -0.508 e. The molecule has 20 heavy (non-hydrogen) atoms. The van der Waals surface area contributed by atoms with E-state index < -0.39 is 0 Å². The van der Waals surface area contributed by atoms with Crippen molar-refractivity contribution < 1.29 is 5.11 Å². The Morgan fingerprint density at radius 2 is 1.80 bits per heavy atom. The summed E-state index contributed by atoms with van der Waals surface area (Å²) in [7, 11) is 0. The van der Waals surface area contributed by atoms with Gasteiger partial charge in [-0.1, -0.05) is 42.8 Å². The van der Waals surface area contributed by atoms with Gasteiger partial charge in [0, 0.05) is 17.1 Å². The molecule has 0 spiro atoms. The van der Waals surface area contributed by atoms with E-state index >= 15 is 0 Å². The number of benzene rings is 2. The van der Waals surface area contributed by atoms with Crippen LogP contribution in [0.2, 0.25) is 5.02 Å². The van der Waals surface area contributed by atoms with Gasteiger partial charge in [-0.05, 0) is 48.7 Å². The molecule has 3 heteroatoms. The maximum Gasteiger partial charge on any atom is 0.115 e. The van der Waals surface area contributed by atoms with Crippen LogP contribution in [0.5, 0.6) is 5.75 Å². The molecule has 2 aromatic carbocycles. The number of hydrogen-bond donors (Lipinski definition) is 2. The van der Waals surface area contributed by atoms with Crippen LogP contribution in [0.25, 0.3) is 0 Å². The number of aromatic hydroxyl groups is 1. The Labute approximate surface area is 125 Å². The van der Waals surface area contributed by atoms with Crippen LogP contribution in [0.4, 0.5) is 0 Å². The smallest absolute Gasteiger partial charge is 0.115 e. The predicted molar refractivity (Wildman–Crippen MR) is 84.1 cm³/mol. The zero-order valence-corrected chi connectivity index (χ0v) is 12.6. The van der Waals surface area contributed by atoms with Crippen LogP contribution >= 0.6 is 11.6 Å². The number of rotatable bonds is 5. The van der Waals surface area contributed by atoms with Crippen molar-refractivity contribution in [1.29, 1.82) is 0 Å². The first-order valence-electron chi connectivity index (χ1n) is 6.90. The third-order valence-electron chi connectivity index (χ3n) is 3.50. The zero-order valence-electron chi connectivity index (χ0n) is 11.8. The van der Waals surface area contributed by atoms with Crippen LogP contribution in [0.3, 0.4) is 0 Å². The van der Waals surface area contributed by atoms with Gasteiger partial charge in [0.2, 0.25) is 0 Å². The summed E-state index contributed by atoms with van der Waals surface area (Å²) in [5.74, 6) is 0.294. The molecule has 0 heterocycles. The molecule has 106 valence electrons. The van der Waals surface area contributed by atoms with Crippen molar-refractivity contribution in [3.63, 3.8) is 0 Å². The Morgan fingerprint density at radius 3 is 2.40 bits per heavy atom. The molecule has 0 aliphatic carbocycles. The third kappa shape index (κ3) is 3.75. The van der Waals surface area contributed by atoms with E-state index in [4.69, 9.17) is 11.6 Å². The number of halogens is 1. The molecule has 0 saturated carbocycles. The zero-order chi connectivity index (χ0) is 14.5. The molecule has 2 N–H and O–H groups in total. The van der Waals surface area contributed by atoms with Gasteiger partial charge in [-0.3, -0.25) is 0 Å². The van der Waals surface area contributed by atoms with Crippen LogP contribution in [-0.4, -0.2) is 5.11 Å². The minimum absolute atomic E-state index is 0.208. The van der Waals surface area contributed by atoms with Crippen molar-refractivity contribution in [1.82, 2.24) is 5.32 Å². The maximum atomic E-state index is 9.34. The van der Waals surface area contributed by atoms with Gasteiger partial charge in [0.25, 0.3) is 0 Å². The molecule has 0 amide bonds. The van der Waals surface area contributed by atoms with Crippen molar-refractivity contribution in [2.45, 2.75) is 32.4 Å². The molecule has 0 bridgehead atoms. The number of phenols is 1. The lowest BCUT2D eigenvalue weighted by atomic mass is 10.0.